The highest BCUT2D eigenvalue weighted by Crippen LogP contribution is 2.20. The molecule has 0 N–H and O–H groups in total. The Bertz CT molecular complexity index is 535. The Balaban J connectivity index is 2.58. The van der Waals surface area contributed by atoms with Crippen LogP contribution in [0.5, 0.6) is 0 Å². The molecule has 2 heterocycles. The third kappa shape index (κ3) is 1.68. The van der Waals surface area contributed by atoms with Gasteiger partial charge in [0.05, 0.1) is 6.54 Å². The van der Waals surface area contributed by atoms with Crippen molar-refractivity contribution in [1.29, 1.82) is 5.26 Å². The van der Waals surface area contributed by atoms with Gasteiger partial charge in [-0.3, -0.25) is 4.98 Å². The van der Waals surface area contributed by atoms with Gasteiger partial charge >= 0.3 is 0 Å². The van der Waals surface area contributed by atoms with Crippen LogP contribution in [-0.2, 0) is 6.54 Å². The van der Waals surface area contributed by atoms with Crippen molar-refractivity contribution in [2.24, 2.45) is 0 Å². The lowest BCUT2D eigenvalue weighted by Crippen LogP contribution is -2.00. The summed E-state index contributed by atoms with van der Waals surface area (Å²) in [6, 6.07) is 5.69. The first-order valence-corrected chi connectivity index (χ1v) is 4.71. The Morgan fingerprint density at radius 3 is 3.06 bits per heavy atom. The van der Waals surface area contributed by atoms with E-state index in [1.807, 2.05) is 18.2 Å². The van der Waals surface area contributed by atoms with Crippen molar-refractivity contribution in [3.8, 4) is 17.3 Å². The van der Waals surface area contributed by atoms with Gasteiger partial charge in [-0.1, -0.05) is 11.3 Å². The van der Waals surface area contributed by atoms with Crippen LogP contribution in [0.4, 0.5) is 0 Å². The van der Waals surface area contributed by atoms with Crippen LogP contribution >= 0.6 is 0 Å². The quantitative estimate of drug-likeness (QED) is 0.719. The average molecular weight is 211 g/mol. The topological polar surface area (TPSA) is 67.4 Å². The monoisotopic (exact) mass is 211 g/mol. The molecule has 5 nitrogen and oxygen atoms in total. The third-order valence-corrected chi connectivity index (χ3v) is 2.08. The second-order valence-electron chi connectivity index (χ2n) is 3.11. The molecule has 0 aliphatic rings. The number of pyridine rings is 1. The summed E-state index contributed by atoms with van der Waals surface area (Å²) in [5.41, 5.74) is 1.80. The van der Waals surface area contributed by atoms with Crippen molar-refractivity contribution < 1.29 is 0 Å². The predicted molar refractivity (Wildman–Crippen MR) is 58.2 cm³/mol. The molecule has 0 fully saturated rings. The van der Waals surface area contributed by atoms with Gasteiger partial charge in [0.1, 0.15) is 11.8 Å². The smallest absolute Gasteiger partial charge is 0.190 e. The maximum atomic E-state index is 8.95. The Morgan fingerprint density at radius 1 is 1.56 bits per heavy atom. The lowest BCUT2D eigenvalue weighted by molar-refractivity contribution is 0.668. The summed E-state index contributed by atoms with van der Waals surface area (Å²) in [7, 11) is 0. The molecule has 0 aliphatic heterocycles. The van der Waals surface area contributed by atoms with Gasteiger partial charge in [-0.05, 0) is 12.1 Å². The van der Waals surface area contributed by atoms with Crippen LogP contribution in [0.1, 0.15) is 5.69 Å². The van der Waals surface area contributed by atoms with E-state index in [0.29, 0.717) is 17.9 Å². The summed E-state index contributed by atoms with van der Waals surface area (Å²) in [5, 5.41) is 16.7. The number of rotatable bonds is 3. The summed E-state index contributed by atoms with van der Waals surface area (Å²) in [4.78, 5) is 4.01. The van der Waals surface area contributed by atoms with E-state index in [9.17, 15) is 0 Å². The van der Waals surface area contributed by atoms with Crippen molar-refractivity contribution in [2.75, 3.05) is 0 Å². The molecule has 0 atom stereocenters. The zero-order valence-electron chi connectivity index (χ0n) is 8.54. The highest BCUT2D eigenvalue weighted by Gasteiger charge is 2.13. The minimum atomic E-state index is 0.301. The average Bonchev–Trinajstić information content (AvgIpc) is 2.74. The summed E-state index contributed by atoms with van der Waals surface area (Å²) in [6.45, 7) is 4.15. The maximum absolute atomic E-state index is 8.95. The fraction of sp³-hybridized carbons (Fsp3) is 0.0909. The van der Waals surface area contributed by atoms with Gasteiger partial charge in [0.15, 0.2) is 5.69 Å². The first-order valence-electron chi connectivity index (χ1n) is 4.71. The lowest BCUT2D eigenvalue weighted by Gasteiger charge is -2.02. The molecule has 5 heteroatoms. The summed E-state index contributed by atoms with van der Waals surface area (Å²) < 4.78 is 1.63. The first kappa shape index (κ1) is 10.1. The van der Waals surface area contributed by atoms with Gasteiger partial charge in [0.25, 0.3) is 0 Å². The minimum Gasteiger partial charge on any atom is -0.264 e. The van der Waals surface area contributed by atoms with Gasteiger partial charge in [0, 0.05) is 18.0 Å². The first-order chi connectivity index (χ1) is 7.86. The van der Waals surface area contributed by atoms with Crippen LogP contribution < -0.4 is 0 Å². The van der Waals surface area contributed by atoms with Crippen LogP contribution in [-0.4, -0.2) is 20.0 Å². The number of nitrogens with zero attached hydrogens (tertiary/aromatic N) is 5. The molecule has 2 rings (SSSR count). The van der Waals surface area contributed by atoms with E-state index < -0.39 is 0 Å². The molecule has 0 unspecified atom stereocenters. The Labute approximate surface area is 92.7 Å². The van der Waals surface area contributed by atoms with Gasteiger partial charge in [0.2, 0.25) is 0 Å². The molecule has 78 valence electrons. The highest BCUT2D eigenvalue weighted by atomic mass is 15.4. The summed E-state index contributed by atoms with van der Waals surface area (Å²) in [6.07, 6.45) is 5.06. The molecule has 16 heavy (non-hydrogen) atoms. The predicted octanol–water partition coefficient (Wildman–Crippen LogP) is 1.40. The second kappa shape index (κ2) is 4.36. The van der Waals surface area contributed by atoms with E-state index in [4.69, 9.17) is 5.26 Å². The summed E-state index contributed by atoms with van der Waals surface area (Å²) >= 11 is 0. The van der Waals surface area contributed by atoms with Gasteiger partial charge in [-0.2, -0.15) is 5.26 Å². The van der Waals surface area contributed by atoms with Crippen LogP contribution in [0, 0.1) is 11.3 Å². The number of hydrogen-bond acceptors (Lipinski definition) is 4. The van der Waals surface area contributed by atoms with Crippen LogP contribution in [0.15, 0.2) is 37.2 Å². The molecule has 0 bridgehead atoms. The molecule has 0 radical (unpaired) electrons. The van der Waals surface area contributed by atoms with E-state index in [1.165, 1.54) is 0 Å². The fourth-order valence-corrected chi connectivity index (χ4v) is 1.43. The van der Waals surface area contributed by atoms with E-state index in [0.717, 1.165) is 5.56 Å². The molecule has 0 saturated carbocycles. The molecule has 0 amide bonds. The number of aromatic nitrogens is 4. The van der Waals surface area contributed by atoms with Crippen molar-refractivity contribution >= 4 is 0 Å². The van der Waals surface area contributed by atoms with E-state index in [-0.39, 0.29) is 0 Å². The number of allylic oxidation sites excluding steroid dienone is 1. The third-order valence-electron chi connectivity index (χ3n) is 2.08. The zero-order chi connectivity index (χ0) is 11.4. The minimum absolute atomic E-state index is 0.301. The van der Waals surface area contributed by atoms with Crippen molar-refractivity contribution in [2.45, 2.75) is 6.54 Å². The standard InChI is InChI=1S/C11H9N5/c1-2-6-16-11(10(7-12)14-15-16)9-4-3-5-13-8-9/h2-5,8H,1,6H2. The van der Waals surface area contributed by atoms with Crippen molar-refractivity contribution in [1.82, 2.24) is 20.0 Å². The van der Waals surface area contributed by atoms with Gasteiger partial charge < -0.3 is 0 Å². The van der Waals surface area contributed by atoms with Crippen LogP contribution in [0.3, 0.4) is 0 Å². The highest BCUT2D eigenvalue weighted by molar-refractivity contribution is 5.63. The van der Waals surface area contributed by atoms with Crippen LogP contribution in [0.25, 0.3) is 11.3 Å². The molecular weight excluding hydrogens is 202 g/mol. The summed E-state index contributed by atoms with van der Waals surface area (Å²) in [5.74, 6) is 0. The molecule has 0 spiro atoms. The molecule has 0 aromatic carbocycles. The van der Waals surface area contributed by atoms with E-state index in [2.05, 4.69) is 21.9 Å². The Hall–Kier alpha value is -2.48. The molecule has 2 aromatic heterocycles. The molecular formula is C11H9N5. The maximum Gasteiger partial charge on any atom is 0.190 e. The lowest BCUT2D eigenvalue weighted by atomic mass is 10.2. The normalized spacial score (nSPS) is 9.69. The largest absolute Gasteiger partial charge is 0.264 e. The van der Waals surface area contributed by atoms with Gasteiger partial charge in [-0.25, -0.2) is 4.68 Å². The fourth-order valence-electron chi connectivity index (χ4n) is 1.43. The Morgan fingerprint density at radius 2 is 2.44 bits per heavy atom. The van der Waals surface area contributed by atoms with E-state index in [1.54, 1.807) is 23.2 Å². The van der Waals surface area contributed by atoms with Crippen molar-refractivity contribution in [3.63, 3.8) is 0 Å². The molecule has 0 saturated heterocycles. The van der Waals surface area contributed by atoms with Gasteiger partial charge in [-0.15, -0.1) is 11.7 Å². The molecule has 2 aromatic rings. The number of hydrogen-bond donors (Lipinski definition) is 0. The molecule has 0 aliphatic carbocycles. The number of nitriles is 1. The van der Waals surface area contributed by atoms with E-state index >= 15 is 0 Å². The second-order valence-corrected chi connectivity index (χ2v) is 3.11. The zero-order valence-corrected chi connectivity index (χ0v) is 8.54. The Kier molecular flexibility index (Phi) is 2.74. The van der Waals surface area contributed by atoms with Crippen molar-refractivity contribution in [3.05, 3.63) is 42.9 Å². The van der Waals surface area contributed by atoms with Crippen LogP contribution in [0.2, 0.25) is 0 Å². The SMILES string of the molecule is C=CCn1nnc(C#N)c1-c1cccnc1.